The Kier molecular flexibility index (Phi) is 3.91. The molecule has 0 saturated carbocycles. The summed E-state index contributed by atoms with van der Waals surface area (Å²) in [4.78, 5) is 27.0. The molecule has 7 heteroatoms. The summed E-state index contributed by atoms with van der Waals surface area (Å²) in [7, 11) is 0. The van der Waals surface area contributed by atoms with Gasteiger partial charge in [-0.25, -0.2) is 4.79 Å². The van der Waals surface area contributed by atoms with Gasteiger partial charge in [0.05, 0.1) is 6.54 Å². The first-order valence-electron chi connectivity index (χ1n) is 7.71. The molecule has 0 amide bonds. The molecule has 2 aromatic heterocycles. The zero-order valence-corrected chi connectivity index (χ0v) is 13.9. The van der Waals surface area contributed by atoms with Crippen LogP contribution in [-0.4, -0.2) is 13.9 Å². The molecule has 0 radical (unpaired) electrons. The first-order chi connectivity index (χ1) is 12.2. The van der Waals surface area contributed by atoms with Crippen LogP contribution in [-0.2, 0) is 6.54 Å². The number of nitrogens with one attached hydrogen (secondary N) is 2. The summed E-state index contributed by atoms with van der Waals surface area (Å²) in [6, 6.07) is 19.1. The van der Waals surface area contributed by atoms with Crippen molar-refractivity contribution in [1.29, 1.82) is 0 Å². The van der Waals surface area contributed by atoms with E-state index in [0.29, 0.717) is 22.6 Å². The molecule has 6 nitrogen and oxygen atoms in total. The zero-order chi connectivity index (χ0) is 17.2. The van der Waals surface area contributed by atoms with Crippen LogP contribution in [0.15, 0.2) is 70.3 Å². The van der Waals surface area contributed by atoms with Crippen molar-refractivity contribution in [2.75, 3.05) is 5.32 Å². The van der Waals surface area contributed by atoms with Gasteiger partial charge in [0.15, 0.2) is 5.65 Å². The Balaban J connectivity index is 1.83. The fourth-order valence-electron chi connectivity index (χ4n) is 2.64. The van der Waals surface area contributed by atoms with E-state index in [4.69, 9.17) is 0 Å². The average Bonchev–Trinajstić information content (AvgIpc) is 3.04. The molecule has 0 saturated heterocycles. The number of hydrogen-bond acceptors (Lipinski definition) is 5. The van der Waals surface area contributed by atoms with Crippen molar-refractivity contribution in [3.8, 4) is 0 Å². The van der Waals surface area contributed by atoms with E-state index in [1.165, 1.54) is 4.57 Å². The van der Waals surface area contributed by atoms with Crippen LogP contribution in [0.5, 0.6) is 0 Å². The fraction of sp³-hybridized carbons (Fsp3) is 0.0556. The highest BCUT2D eigenvalue weighted by atomic mass is 32.1. The van der Waals surface area contributed by atoms with Gasteiger partial charge in [-0.3, -0.25) is 14.3 Å². The number of nitrogens with zero attached hydrogens (tertiary/aromatic N) is 2. The number of rotatable bonds is 4. The minimum atomic E-state index is -0.460. The lowest BCUT2D eigenvalue weighted by atomic mass is 10.2. The maximum Gasteiger partial charge on any atom is 0.330 e. The minimum Gasteiger partial charge on any atom is -0.345 e. The maximum absolute atomic E-state index is 12.3. The quantitative estimate of drug-likeness (QED) is 0.593. The van der Waals surface area contributed by atoms with Gasteiger partial charge in [-0.2, -0.15) is 4.37 Å². The number of fused-ring (bicyclic) bond motifs is 1. The Hall–Kier alpha value is -3.19. The normalized spacial score (nSPS) is 10.9. The molecule has 25 heavy (non-hydrogen) atoms. The first kappa shape index (κ1) is 15.3. The summed E-state index contributed by atoms with van der Waals surface area (Å²) in [6.07, 6.45) is 0. The Bertz CT molecular complexity index is 1130. The molecule has 124 valence electrons. The summed E-state index contributed by atoms with van der Waals surface area (Å²) in [5.74, 6) is 0. The second kappa shape index (κ2) is 6.37. The third kappa shape index (κ3) is 2.97. The van der Waals surface area contributed by atoms with Crippen molar-refractivity contribution in [2.45, 2.75) is 6.54 Å². The number of anilines is 2. The molecule has 2 aromatic carbocycles. The van der Waals surface area contributed by atoms with Gasteiger partial charge in [-0.15, -0.1) is 0 Å². The van der Waals surface area contributed by atoms with Crippen LogP contribution in [0.1, 0.15) is 5.56 Å². The third-order valence-electron chi connectivity index (χ3n) is 3.84. The standard InChI is InChI=1S/C18H14N4O2S/c23-16-14-15(21-25-17(14)19-13-9-5-2-6-10-13)22(18(24)20-16)11-12-7-3-1-4-8-12/h1-10,19H,11H2,(H,20,23,24). The highest BCUT2D eigenvalue weighted by Crippen LogP contribution is 2.27. The zero-order valence-electron chi connectivity index (χ0n) is 13.1. The number of hydrogen-bond donors (Lipinski definition) is 2. The van der Waals surface area contributed by atoms with Crippen LogP contribution in [0.3, 0.4) is 0 Å². The van der Waals surface area contributed by atoms with Gasteiger partial charge in [0.2, 0.25) is 0 Å². The van der Waals surface area contributed by atoms with E-state index in [2.05, 4.69) is 14.7 Å². The summed E-state index contributed by atoms with van der Waals surface area (Å²) in [5.41, 5.74) is 1.31. The molecule has 4 rings (SSSR count). The van der Waals surface area contributed by atoms with Crippen LogP contribution >= 0.6 is 11.5 Å². The molecule has 4 aromatic rings. The van der Waals surface area contributed by atoms with Crippen LogP contribution in [0, 0.1) is 0 Å². The molecule has 0 bridgehead atoms. The average molecular weight is 350 g/mol. The predicted octanol–water partition coefficient (Wildman–Crippen LogP) is 2.94. The van der Waals surface area contributed by atoms with E-state index in [1.54, 1.807) is 0 Å². The van der Waals surface area contributed by atoms with Gasteiger partial charge in [-0.1, -0.05) is 48.5 Å². The van der Waals surface area contributed by atoms with E-state index < -0.39 is 11.2 Å². The molecule has 0 unspecified atom stereocenters. The highest BCUT2D eigenvalue weighted by molar-refractivity contribution is 7.11. The molecule has 0 aliphatic carbocycles. The largest absolute Gasteiger partial charge is 0.345 e. The van der Waals surface area contributed by atoms with Crippen molar-refractivity contribution in [3.63, 3.8) is 0 Å². The Morgan fingerprint density at radius 3 is 2.40 bits per heavy atom. The van der Waals surface area contributed by atoms with Crippen molar-refractivity contribution in [2.24, 2.45) is 0 Å². The second-order valence-corrected chi connectivity index (χ2v) is 6.31. The number of para-hydroxylation sites is 1. The maximum atomic E-state index is 12.3. The van der Waals surface area contributed by atoms with Gasteiger partial charge in [-0.05, 0) is 29.2 Å². The summed E-state index contributed by atoms with van der Waals surface area (Å²) < 4.78 is 5.84. The Morgan fingerprint density at radius 2 is 1.68 bits per heavy atom. The predicted molar refractivity (Wildman–Crippen MR) is 99.8 cm³/mol. The SMILES string of the molecule is O=c1[nH]c(=O)n(Cc2ccccc2)c2nsc(Nc3ccccc3)c12. The molecule has 0 aliphatic rings. The lowest BCUT2D eigenvalue weighted by Gasteiger charge is -2.07. The highest BCUT2D eigenvalue weighted by Gasteiger charge is 2.16. The van der Waals surface area contributed by atoms with Crippen LogP contribution in [0.2, 0.25) is 0 Å². The van der Waals surface area contributed by atoms with Crippen molar-refractivity contribution in [1.82, 2.24) is 13.9 Å². The van der Waals surface area contributed by atoms with E-state index in [0.717, 1.165) is 22.8 Å². The smallest absolute Gasteiger partial charge is 0.330 e. The number of aromatic nitrogens is 3. The second-order valence-electron chi connectivity index (χ2n) is 5.53. The molecule has 0 fully saturated rings. The van der Waals surface area contributed by atoms with Crippen molar-refractivity contribution < 1.29 is 0 Å². The van der Waals surface area contributed by atoms with Crippen molar-refractivity contribution in [3.05, 3.63) is 87.1 Å². The minimum absolute atomic E-state index is 0.349. The molecule has 0 spiro atoms. The molecule has 0 atom stereocenters. The molecule has 2 N–H and O–H groups in total. The Morgan fingerprint density at radius 1 is 1.00 bits per heavy atom. The van der Waals surface area contributed by atoms with Gasteiger partial charge < -0.3 is 5.32 Å². The fourth-order valence-corrected chi connectivity index (χ4v) is 3.45. The molecular weight excluding hydrogens is 336 g/mol. The number of H-pyrrole nitrogens is 1. The summed E-state index contributed by atoms with van der Waals surface area (Å²) in [5, 5.41) is 4.21. The topological polar surface area (TPSA) is 79.8 Å². The number of aromatic amines is 1. The van der Waals surface area contributed by atoms with Gasteiger partial charge in [0.1, 0.15) is 10.4 Å². The van der Waals surface area contributed by atoms with E-state index in [9.17, 15) is 9.59 Å². The molecular formula is C18H14N4O2S. The summed E-state index contributed by atoms with van der Waals surface area (Å²) >= 11 is 1.16. The van der Waals surface area contributed by atoms with Crippen LogP contribution in [0.25, 0.3) is 11.0 Å². The number of benzene rings is 2. The van der Waals surface area contributed by atoms with Crippen LogP contribution < -0.4 is 16.6 Å². The third-order valence-corrected chi connectivity index (χ3v) is 4.59. The summed E-state index contributed by atoms with van der Waals surface area (Å²) in [6.45, 7) is 0.349. The molecule has 0 aliphatic heterocycles. The van der Waals surface area contributed by atoms with E-state index >= 15 is 0 Å². The lowest BCUT2D eigenvalue weighted by molar-refractivity contribution is 0.750. The van der Waals surface area contributed by atoms with Crippen molar-refractivity contribution >= 4 is 33.3 Å². The lowest BCUT2D eigenvalue weighted by Crippen LogP contribution is -2.30. The van der Waals surface area contributed by atoms with Gasteiger partial charge >= 0.3 is 5.69 Å². The molecule has 2 heterocycles. The van der Waals surface area contributed by atoms with E-state index in [-0.39, 0.29) is 0 Å². The Labute approximate surface area is 146 Å². The van der Waals surface area contributed by atoms with Crippen LogP contribution in [0.4, 0.5) is 10.7 Å². The first-order valence-corrected chi connectivity index (χ1v) is 8.48. The monoisotopic (exact) mass is 350 g/mol. The van der Waals surface area contributed by atoms with Gasteiger partial charge in [0.25, 0.3) is 5.56 Å². The van der Waals surface area contributed by atoms with Gasteiger partial charge in [0, 0.05) is 5.69 Å². The van der Waals surface area contributed by atoms with E-state index in [1.807, 2.05) is 60.7 Å².